The third kappa shape index (κ3) is 8.33. The average molecular weight is 516 g/mol. The van der Waals surface area contributed by atoms with Crippen molar-refractivity contribution in [3.63, 3.8) is 0 Å². The third-order valence-corrected chi connectivity index (χ3v) is 6.50. The number of carbonyl (C=O) groups excluding carboxylic acids is 4. The van der Waals surface area contributed by atoms with Gasteiger partial charge in [-0.3, -0.25) is 14.4 Å². The first-order valence-corrected chi connectivity index (χ1v) is 12.8. The van der Waals surface area contributed by atoms with Crippen molar-refractivity contribution in [3.05, 3.63) is 42.0 Å². The molecule has 37 heavy (non-hydrogen) atoms. The molecule has 3 unspecified atom stereocenters. The lowest BCUT2D eigenvalue weighted by molar-refractivity contribution is -0.149. The first-order chi connectivity index (χ1) is 17.4. The van der Waals surface area contributed by atoms with E-state index in [0.717, 1.165) is 24.8 Å². The highest BCUT2D eigenvalue weighted by atomic mass is 16.6. The summed E-state index contributed by atoms with van der Waals surface area (Å²) in [6.45, 7) is 12.5. The van der Waals surface area contributed by atoms with Crippen LogP contribution < -0.4 is 10.6 Å². The minimum absolute atomic E-state index is 0.194. The van der Waals surface area contributed by atoms with Crippen molar-refractivity contribution >= 4 is 30.0 Å². The van der Waals surface area contributed by atoms with Gasteiger partial charge in [0.25, 0.3) is 0 Å². The Kier molecular flexibility index (Phi) is 10.7. The molecule has 0 aliphatic heterocycles. The van der Waals surface area contributed by atoms with E-state index >= 15 is 0 Å². The van der Waals surface area contributed by atoms with Crippen LogP contribution in [0.1, 0.15) is 77.5 Å². The Hall–Kier alpha value is -3.36. The number of nitrogens with zero attached hydrogens (tertiary/aromatic N) is 1. The molecule has 0 saturated heterocycles. The molecule has 1 aliphatic carbocycles. The van der Waals surface area contributed by atoms with Crippen LogP contribution in [-0.2, 0) is 23.9 Å². The van der Waals surface area contributed by atoms with Crippen LogP contribution in [0.4, 0.5) is 4.79 Å². The molecule has 3 atom stereocenters. The largest absolute Gasteiger partial charge is 0.468 e. The minimum Gasteiger partial charge on any atom is -0.468 e. The number of alkyl carbamates (subject to hydrolysis) is 1. The number of ether oxygens (including phenoxy) is 2. The van der Waals surface area contributed by atoms with E-state index in [1.54, 1.807) is 49.9 Å². The molecule has 1 fully saturated rings. The molecule has 2 N–H and O–H groups in total. The number of hydrogen-bond donors (Lipinski definition) is 2. The highest BCUT2D eigenvalue weighted by Gasteiger charge is 2.43. The van der Waals surface area contributed by atoms with E-state index in [2.05, 4.69) is 21.9 Å². The summed E-state index contributed by atoms with van der Waals surface area (Å²) in [4.78, 5) is 53.8. The third-order valence-electron chi connectivity index (χ3n) is 6.50. The second kappa shape index (κ2) is 13.3. The van der Waals surface area contributed by atoms with E-state index in [1.165, 1.54) is 7.11 Å². The molecule has 3 amide bonds. The van der Waals surface area contributed by atoms with Gasteiger partial charge in [-0.05, 0) is 63.1 Å². The van der Waals surface area contributed by atoms with Crippen LogP contribution in [0.25, 0.3) is 6.08 Å². The molecular formula is C28H41N3O6. The number of rotatable bonds is 11. The predicted molar refractivity (Wildman–Crippen MR) is 141 cm³/mol. The molecule has 1 aromatic rings. The van der Waals surface area contributed by atoms with Gasteiger partial charge in [0.1, 0.15) is 24.2 Å². The fraction of sp³-hybridized carbons (Fsp3) is 0.571. The van der Waals surface area contributed by atoms with Crippen molar-refractivity contribution in [2.75, 3.05) is 13.7 Å². The molecule has 0 aromatic heterocycles. The second-order valence-electron chi connectivity index (χ2n) is 10.4. The summed E-state index contributed by atoms with van der Waals surface area (Å²) < 4.78 is 10.1. The maximum absolute atomic E-state index is 14.2. The van der Waals surface area contributed by atoms with Gasteiger partial charge in [-0.2, -0.15) is 0 Å². The maximum Gasteiger partial charge on any atom is 0.408 e. The summed E-state index contributed by atoms with van der Waals surface area (Å²) in [5.41, 5.74) is 0.636. The van der Waals surface area contributed by atoms with Gasteiger partial charge in [0.15, 0.2) is 0 Å². The Morgan fingerprint density at radius 2 is 1.89 bits per heavy atom. The summed E-state index contributed by atoms with van der Waals surface area (Å²) in [7, 11) is 1.24. The van der Waals surface area contributed by atoms with E-state index in [0.29, 0.717) is 12.0 Å². The summed E-state index contributed by atoms with van der Waals surface area (Å²) in [6, 6.07) is 5.10. The number of amides is 3. The minimum atomic E-state index is -1.02. The van der Waals surface area contributed by atoms with Gasteiger partial charge in [0.2, 0.25) is 11.8 Å². The number of hydrogen-bond acceptors (Lipinski definition) is 6. The molecule has 0 heterocycles. The lowest BCUT2D eigenvalue weighted by atomic mass is 9.86. The number of esters is 1. The van der Waals surface area contributed by atoms with Crippen LogP contribution in [0.3, 0.4) is 0 Å². The van der Waals surface area contributed by atoms with Crippen molar-refractivity contribution in [2.24, 2.45) is 5.92 Å². The molecule has 1 saturated carbocycles. The maximum atomic E-state index is 14.2. The molecule has 0 radical (unpaired) electrons. The highest BCUT2D eigenvalue weighted by Crippen LogP contribution is 2.35. The lowest BCUT2D eigenvalue weighted by Crippen LogP contribution is -2.59. The van der Waals surface area contributed by atoms with Crippen molar-refractivity contribution in [2.45, 2.75) is 84.0 Å². The van der Waals surface area contributed by atoms with Gasteiger partial charge in [-0.15, -0.1) is 0 Å². The molecule has 9 nitrogen and oxygen atoms in total. The lowest BCUT2D eigenvalue weighted by Gasteiger charge is -2.44. The number of benzene rings is 1. The first kappa shape index (κ1) is 29.9. The zero-order valence-corrected chi connectivity index (χ0v) is 22.8. The Bertz CT molecular complexity index is 982. The molecule has 204 valence electrons. The summed E-state index contributed by atoms with van der Waals surface area (Å²) in [5.74, 6) is -1.70. The predicted octanol–water partition coefficient (Wildman–Crippen LogP) is 3.98. The number of nitrogens with one attached hydrogen (secondary N) is 2. The van der Waals surface area contributed by atoms with Gasteiger partial charge >= 0.3 is 12.1 Å². The van der Waals surface area contributed by atoms with Gasteiger partial charge in [-0.1, -0.05) is 51.1 Å². The smallest absolute Gasteiger partial charge is 0.408 e. The Morgan fingerprint density at radius 1 is 1.22 bits per heavy atom. The SMILES string of the molecule is C=Cc1cccc(C(C(=O)NCC(=O)OC)N(C(=O)C(NC(=O)OC(C)(C)C)C(C)CC)C2CCC2)c1. The van der Waals surface area contributed by atoms with Crippen molar-refractivity contribution < 1.29 is 28.7 Å². The topological polar surface area (TPSA) is 114 Å². The van der Waals surface area contributed by atoms with Gasteiger partial charge in [0, 0.05) is 6.04 Å². The molecule has 1 aromatic carbocycles. The number of methoxy groups -OCH3 is 1. The fourth-order valence-corrected chi connectivity index (χ4v) is 4.08. The van der Waals surface area contributed by atoms with E-state index in [9.17, 15) is 19.2 Å². The van der Waals surface area contributed by atoms with Gasteiger partial charge in [-0.25, -0.2) is 4.79 Å². The standard InChI is InChI=1S/C28H41N3O6/c1-8-18(3)23(30-27(35)37-28(4,5)6)26(34)31(21-14-11-15-21)24(25(33)29-17-22(32)36-7)20-13-10-12-19(9-2)16-20/h9-10,12-13,16,18,21,23-24H,2,8,11,14-15,17H2,1,3-7H3,(H,29,33)(H,30,35). The van der Waals surface area contributed by atoms with E-state index in [-0.39, 0.29) is 24.4 Å². The average Bonchev–Trinajstić information content (AvgIpc) is 2.82. The van der Waals surface area contributed by atoms with Crippen LogP contribution in [0.15, 0.2) is 30.8 Å². The highest BCUT2D eigenvalue weighted by molar-refractivity contribution is 5.93. The van der Waals surface area contributed by atoms with Crippen LogP contribution in [0, 0.1) is 5.92 Å². The van der Waals surface area contributed by atoms with Crippen molar-refractivity contribution in [1.82, 2.24) is 15.5 Å². The monoisotopic (exact) mass is 515 g/mol. The van der Waals surface area contributed by atoms with Gasteiger partial charge < -0.3 is 25.0 Å². The zero-order chi connectivity index (χ0) is 27.8. The van der Waals surface area contributed by atoms with E-state index in [4.69, 9.17) is 4.74 Å². The Labute approximate surface area is 219 Å². The molecule has 0 spiro atoms. The van der Waals surface area contributed by atoms with E-state index < -0.39 is 35.7 Å². The molecule has 9 heteroatoms. The molecule has 0 bridgehead atoms. The van der Waals surface area contributed by atoms with Crippen molar-refractivity contribution in [1.29, 1.82) is 0 Å². The van der Waals surface area contributed by atoms with Crippen LogP contribution in [0.2, 0.25) is 0 Å². The summed E-state index contributed by atoms with van der Waals surface area (Å²) >= 11 is 0. The van der Waals surface area contributed by atoms with E-state index in [1.807, 2.05) is 19.9 Å². The normalized spacial score (nSPS) is 15.8. The van der Waals surface area contributed by atoms with Crippen LogP contribution in [-0.4, -0.2) is 60.1 Å². The molecule has 1 aliphatic rings. The molecular weight excluding hydrogens is 474 g/mol. The van der Waals surface area contributed by atoms with Crippen LogP contribution >= 0.6 is 0 Å². The van der Waals surface area contributed by atoms with Gasteiger partial charge in [0.05, 0.1) is 7.11 Å². The second-order valence-corrected chi connectivity index (χ2v) is 10.4. The first-order valence-electron chi connectivity index (χ1n) is 12.8. The fourth-order valence-electron chi connectivity index (χ4n) is 4.08. The summed E-state index contributed by atoms with van der Waals surface area (Å²) in [5, 5.41) is 5.38. The van der Waals surface area contributed by atoms with Crippen molar-refractivity contribution in [3.8, 4) is 0 Å². The summed E-state index contributed by atoms with van der Waals surface area (Å²) in [6.07, 6.45) is 3.97. The molecule has 2 rings (SSSR count). The Balaban J connectivity index is 2.53. The zero-order valence-electron chi connectivity index (χ0n) is 22.8. The number of carbonyl (C=O) groups is 4. The van der Waals surface area contributed by atoms with Crippen LogP contribution in [0.5, 0.6) is 0 Å². The quantitative estimate of drug-likeness (QED) is 0.431. The Morgan fingerprint density at radius 3 is 2.41 bits per heavy atom.